The lowest BCUT2D eigenvalue weighted by molar-refractivity contribution is -0.252. The molecule has 64 heavy (non-hydrogen) atoms. The number of rotatable bonds is 0. The third-order valence-electron chi connectivity index (χ3n) is 28.2. The Morgan fingerprint density at radius 3 is 1.08 bits per heavy atom. The first kappa shape index (κ1) is 46.2. The standard InChI is InChI=1S/2C30H50O2/c2*1-25(2)14-16-30-17-15-28(6)19(23(30)24(25)32-18-30)8-9-21-27(5)12-11-22(31)26(3,4)20(27)10-13-29(21,28)7/h2*19-24,31H,8-18H2,1-7H3/t2*19-,20+,21-,22+,23+,24-,27+,28-,29-,30-/m11/s1. The Morgan fingerprint density at radius 2 is 0.703 bits per heavy atom. The predicted molar refractivity (Wildman–Crippen MR) is 260 cm³/mol. The fourth-order valence-electron chi connectivity index (χ4n) is 23.9. The number of aliphatic hydroxyl groups is 2. The number of hydrogen-bond acceptors (Lipinski definition) is 4. The minimum Gasteiger partial charge on any atom is -0.393 e. The Kier molecular flexibility index (Phi) is 9.99. The van der Waals surface area contributed by atoms with Crippen LogP contribution in [0.5, 0.6) is 0 Å². The summed E-state index contributed by atoms with van der Waals surface area (Å²) in [6, 6.07) is 0. The van der Waals surface area contributed by atoms with Crippen molar-refractivity contribution in [1.82, 2.24) is 0 Å². The van der Waals surface area contributed by atoms with E-state index in [2.05, 4.69) is 96.9 Å². The average Bonchev–Trinajstić information content (AvgIpc) is 3.74. The molecule has 12 rings (SSSR count). The van der Waals surface area contributed by atoms with E-state index in [4.69, 9.17) is 9.47 Å². The Bertz CT molecular complexity index is 1730. The highest BCUT2D eigenvalue weighted by molar-refractivity contribution is 5.23. The van der Waals surface area contributed by atoms with Crippen molar-refractivity contribution in [2.75, 3.05) is 13.2 Å². The summed E-state index contributed by atoms with van der Waals surface area (Å²) in [5.74, 6) is 6.21. The maximum absolute atomic E-state index is 10.9. The van der Waals surface area contributed by atoms with Crippen molar-refractivity contribution in [2.24, 2.45) is 112 Å². The summed E-state index contributed by atoms with van der Waals surface area (Å²) in [4.78, 5) is 0. The molecule has 0 radical (unpaired) electrons. The number of fused-ring (bicyclic) bond motifs is 10. The molecule has 0 aromatic heterocycles. The molecule has 4 nitrogen and oxygen atoms in total. The van der Waals surface area contributed by atoms with Gasteiger partial charge in [-0.25, -0.2) is 0 Å². The second-order valence-corrected chi connectivity index (χ2v) is 31.3. The fraction of sp³-hybridized carbons (Fsp3) is 1.00. The molecule has 4 bridgehead atoms. The summed E-state index contributed by atoms with van der Waals surface area (Å²) in [6.45, 7) is 37.8. The first-order valence-electron chi connectivity index (χ1n) is 28.2. The topological polar surface area (TPSA) is 58.9 Å². The largest absolute Gasteiger partial charge is 0.393 e. The number of ether oxygens (including phenoxy) is 2. The van der Waals surface area contributed by atoms with Gasteiger partial charge in [0, 0.05) is 0 Å². The summed E-state index contributed by atoms with van der Waals surface area (Å²) >= 11 is 0. The Labute approximate surface area is 393 Å². The molecule has 0 unspecified atom stereocenters. The molecule has 2 saturated heterocycles. The highest BCUT2D eigenvalue weighted by atomic mass is 16.5. The molecule has 0 aromatic rings. The molecule has 20 atom stereocenters. The smallest absolute Gasteiger partial charge is 0.0663 e. The lowest BCUT2D eigenvalue weighted by Crippen LogP contribution is -2.67. The number of hydrogen-bond donors (Lipinski definition) is 2. The van der Waals surface area contributed by atoms with Crippen molar-refractivity contribution in [1.29, 1.82) is 0 Å². The molecule has 2 heterocycles. The van der Waals surface area contributed by atoms with Gasteiger partial charge in [-0.3, -0.25) is 0 Å². The second-order valence-electron chi connectivity index (χ2n) is 31.3. The van der Waals surface area contributed by atoms with Crippen molar-refractivity contribution in [3.63, 3.8) is 0 Å². The molecular formula is C60H100O4. The van der Waals surface area contributed by atoms with E-state index >= 15 is 0 Å². The van der Waals surface area contributed by atoms with Gasteiger partial charge in [0.05, 0.1) is 37.6 Å². The Hall–Kier alpha value is -0.160. The van der Waals surface area contributed by atoms with Crippen LogP contribution in [-0.2, 0) is 9.47 Å². The molecule has 0 spiro atoms. The van der Waals surface area contributed by atoms with E-state index in [1.807, 2.05) is 0 Å². The third-order valence-corrected chi connectivity index (χ3v) is 28.2. The van der Waals surface area contributed by atoms with Crippen molar-refractivity contribution in [3.05, 3.63) is 0 Å². The number of aliphatic hydroxyl groups excluding tert-OH is 2. The van der Waals surface area contributed by atoms with Crippen LogP contribution in [0.3, 0.4) is 0 Å². The summed E-state index contributed by atoms with van der Waals surface area (Å²) in [7, 11) is 0. The van der Waals surface area contributed by atoms with Crippen LogP contribution in [0.4, 0.5) is 0 Å². The van der Waals surface area contributed by atoms with E-state index in [-0.39, 0.29) is 23.0 Å². The highest BCUT2D eigenvalue weighted by Crippen LogP contribution is 2.80. The first-order valence-corrected chi connectivity index (χ1v) is 28.2. The van der Waals surface area contributed by atoms with Gasteiger partial charge >= 0.3 is 0 Å². The molecule has 0 aromatic carbocycles. The normalized spacial score (nSPS) is 60.0. The average molecular weight is 885 g/mol. The van der Waals surface area contributed by atoms with Gasteiger partial charge in [-0.05, 0) is 241 Å². The van der Waals surface area contributed by atoms with Crippen molar-refractivity contribution >= 4 is 0 Å². The monoisotopic (exact) mass is 885 g/mol. The van der Waals surface area contributed by atoms with Crippen molar-refractivity contribution < 1.29 is 19.7 Å². The molecule has 2 aliphatic heterocycles. The van der Waals surface area contributed by atoms with Crippen LogP contribution in [-0.4, -0.2) is 47.8 Å². The van der Waals surface area contributed by atoms with Gasteiger partial charge in [0.15, 0.2) is 0 Å². The molecule has 10 saturated carbocycles. The molecule has 4 heteroatoms. The zero-order chi connectivity index (χ0) is 45.9. The minimum absolute atomic E-state index is 0.0586. The van der Waals surface area contributed by atoms with Crippen LogP contribution in [0.1, 0.15) is 225 Å². The zero-order valence-electron chi connectivity index (χ0n) is 44.2. The highest BCUT2D eigenvalue weighted by Gasteiger charge is 2.75. The van der Waals surface area contributed by atoms with Gasteiger partial charge in [0.25, 0.3) is 0 Å². The summed E-state index contributed by atoms with van der Waals surface area (Å²) < 4.78 is 13.4. The van der Waals surface area contributed by atoms with Gasteiger partial charge in [-0.15, -0.1) is 0 Å². The van der Waals surface area contributed by atoms with E-state index in [0.29, 0.717) is 78.2 Å². The Morgan fingerprint density at radius 1 is 0.344 bits per heavy atom. The van der Waals surface area contributed by atoms with E-state index in [1.165, 1.54) is 116 Å². The lowest BCUT2D eigenvalue weighted by Gasteiger charge is -2.73. The van der Waals surface area contributed by atoms with Gasteiger partial charge in [0.2, 0.25) is 0 Å². The van der Waals surface area contributed by atoms with Crippen molar-refractivity contribution in [3.8, 4) is 0 Å². The second kappa shape index (κ2) is 13.8. The lowest BCUT2D eigenvalue weighted by atomic mass is 9.31. The van der Waals surface area contributed by atoms with Crippen LogP contribution < -0.4 is 0 Å². The van der Waals surface area contributed by atoms with E-state index in [9.17, 15) is 10.2 Å². The summed E-state index contributed by atoms with van der Waals surface area (Å²) in [5.41, 5.74) is 4.31. The van der Waals surface area contributed by atoms with Crippen LogP contribution in [0.15, 0.2) is 0 Å². The first-order chi connectivity index (χ1) is 29.6. The maximum atomic E-state index is 10.9. The zero-order valence-corrected chi connectivity index (χ0v) is 44.2. The third kappa shape index (κ3) is 5.51. The van der Waals surface area contributed by atoms with E-state index < -0.39 is 0 Å². The quantitative estimate of drug-likeness (QED) is 0.254. The SMILES string of the molecule is CC1(C)CC[C@]23CC[C@]4(C)[C@H](CC[C@@H]5[C@@]6(C)CC[C@H](O)C(C)(C)[C@@H]6CC[C@]54C)[C@H]2[C@H]1OC3.CC1(C)CC[C@]23CC[C@]4(C)[C@H](CC[C@@H]5[C@@]6(C)CC[C@H](O)C(C)(C)[C@@H]6CC[C@]54C)[C@H]2[C@H]1OC3. The van der Waals surface area contributed by atoms with Crippen LogP contribution in [0.2, 0.25) is 0 Å². The minimum atomic E-state index is -0.122. The fourth-order valence-corrected chi connectivity index (χ4v) is 23.9. The molecule has 0 amide bonds. The maximum Gasteiger partial charge on any atom is 0.0663 e. The van der Waals surface area contributed by atoms with E-state index in [1.54, 1.807) is 0 Å². The van der Waals surface area contributed by atoms with Crippen LogP contribution in [0, 0.1) is 112 Å². The Balaban J connectivity index is 0.000000143. The molecule has 12 aliphatic rings. The molecular weight excluding hydrogens is 785 g/mol. The predicted octanol–water partition coefficient (Wildman–Crippen LogP) is 14.5. The van der Waals surface area contributed by atoms with Crippen LogP contribution in [0.25, 0.3) is 0 Å². The molecule has 12 fully saturated rings. The van der Waals surface area contributed by atoms with E-state index in [0.717, 1.165) is 61.6 Å². The molecule has 364 valence electrons. The van der Waals surface area contributed by atoms with Gasteiger partial charge in [-0.1, -0.05) is 96.9 Å². The molecule has 10 aliphatic carbocycles. The summed E-state index contributed by atoms with van der Waals surface area (Å²) in [6.07, 6.45) is 27.4. The van der Waals surface area contributed by atoms with Gasteiger partial charge < -0.3 is 19.7 Å². The van der Waals surface area contributed by atoms with Gasteiger partial charge in [0.1, 0.15) is 0 Å². The molecule has 2 N–H and O–H groups in total. The van der Waals surface area contributed by atoms with Gasteiger partial charge in [-0.2, -0.15) is 0 Å². The van der Waals surface area contributed by atoms with Crippen LogP contribution >= 0.6 is 0 Å². The van der Waals surface area contributed by atoms with Crippen molar-refractivity contribution in [2.45, 2.75) is 250 Å². The summed E-state index contributed by atoms with van der Waals surface area (Å²) in [5, 5.41) is 21.8.